The highest BCUT2D eigenvalue weighted by molar-refractivity contribution is 5.79. The van der Waals surface area contributed by atoms with E-state index < -0.39 is 0 Å². The summed E-state index contributed by atoms with van der Waals surface area (Å²) in [5.74, 6) is 0.917. The molecule has 1 saturated carbocycles. The SMILES string of the molecule is N=C(N)NCCNc1nc2ccccc2n1C1CCN(C2(c3ccccc3)CCCCCC2)CC1. The van der Waals surface area contributed by atoms with Gasteiger partial charge in [0.1, 0.15) is 0 Å². The zero-order chi connectivity index (χ0) is 24.1. The molecule has 0 spiro atoms. The van der Waals surface area contributed by atoms with Crippen molar-refractivity contribution in [1.82, 2.24) is 19.8 Å². The highest BCUT2D eigenvalue weighted by atomic mass is 15.3. The van der Waals surface area contributed by atoms with E-state index in [0.29, 0.717) is 19.1 Å². The number of nitrogens with zero attached hydrogens (tertiary/aromatic N) is 3. The van der Waals surface area contributed by atoms with E-state index in [2.05, 4.69) is 74.7 Å². The first-order valence-electron chi connectivity index (χ1n) is 13.3. The van der Waals surface area contributed by atoms with E-state index >= 15 is 0 Å². The lowest BCUT2D eigenvalue weighted by Crippen LogP contribution is -2.50. The predicted molar refractivity (Wildman–Crippen MR) is 144 cm³/mol. The molecule has 3 aromatic rings. The molecule has 2 aromatic carbocycles. The Balaban J connectivity index is 1.36. The first-order valence-corrected chi connectivity index (χ1v) is 13.3. The minimum Gasteiger partial charge on any atom is -0.370 e. The van der Waals surface area contributed by atoms with Crippen molar-refractivity contribution in [2.45, 2.75) is 62.9 Å². The van der Waals surface area contributed by atoms with E-state index in [0.717, 1.165) is 37.4 Å². The molecule has 0 radical (unpaired) electrons. The lowest BCUT2D eigenvalue weighted by atomic mass is 9.79. The summed E-state index contributed by atoms with van der Waals surface area (Å²) in [5.41, 5.74) is 9.35. The number of benzene rings is 2. The quantitative estimate of drug-likeness (QED) is 0.171. The van der Waals surface area contributed by atoms with Gasteiger partial charge >= 0.3 is 0 Å². The van der Waals surface area contributed by atoms with E-state index in [4.69, 9.17) is 16.1 Å². The Labute approximate surface area is 208 Å². The molecule has 7 heteroatoms. The van der Waals surface area contributed by atoms with Gasteiger partial charge in [0.05, 0.1) is 11.0 Å². The maximum absolute atomic E-state index is 7.38. The monoisotopic (exact) mass is 473 g/mol. The highest BCUT2D eigenvalue weighted by Crippen LogP contribution is 2.44. The van der Waals surface area contributed by atoms with Gasteiger partial charge in [0.25, 0.3) is 0 Å². The number of para-hydroxylation sites is 2. The molecule has 0 atom stereocenters. The number of fused-ring (bicyclic) bond motifs is 1. The molecule has 186 valence electrons. The lowest BCUT2D eigenvalue weighted by molar-refractivity contribution is 0.0362. The maximum Gasteiger partial charge on any atom is 0.204 e. The Morgan fingerprint density at radius 1 is 0.943 bits per heavy atom. The van der Waals surface area contributed by atoms with E-state index in [9.17, 15) is 0 Å². The summed E-state index contributed by atoms with van der Waals surface area (Å²) >= 11 is 0. The number of hydrogen-bond acceptors (Lipinski definition) is 4. The van der Waals surface area contributed by atoms with Crippen molar-refractivity contribution in [2.24, 2.45) is 5.73 Å². The molecule has 1 saturated heterocycles. The average Bonchev–Trinajstić information content (AvgIpc) is 3.07. The summed E-state index contributed by atoms with van der Waals surface area (Å²) in [4.78, 5) is 7.73. The second-order valence-electron chi connectivity index (χ2n) is 10.1. The maximum atomic E-state index is 7.38. The van der Waals surface area contributed by atoms with Crippen LogP contribution in [-0.2, 0) is 5.54 Å². The van der Waals surface area contributed by atoms with Crippen LogP contribution in [0, 0.1) is 5.41 Å². The van der Waals surface area contributed by atoms with Crippen LogP contribution >= 0.6 is 0 Å². The number of rotatable bonds is 7. The van der Waals surface area contributed by atoms with Gasteiger partial charge in [-0.05, 0) is 43.4 Å². The Bertz CT molecular complexity index is 1110. The summed E-state index contributed by atoms with van der Waals surface area (Å²) in [6, 6.07) is 20.1. The molecule has 35 heavy (non-hydrogen) atoms. The molecule has 0 bridgehead atoms. The fourth-order valence-corrected chi connectivity index (χ4v) is 6.31. The molecule has 0 amide bonds. The van der Waals surface area contributed by atoms with Gasteiger partial charge in [0.2, 0.25) is 5.95 Å². The second kappa shape index (κ2) is 10.7. The zero-order valence-electron chi connectivity index (χ0n) is 20.7. The van der Waals surface area contributed by atoms with Crippen LogP contribution in [0.5, 0.6) is 0 Å². The van der Waals surface area contributed by atoms with Crippen molar-refractivity contribution in [1.29, 1.82) is 5.41 Å². The third-order valence-corrected chi connectivity index (χ3v) is 8.00. The van der Waals surface area contributed by atoms with Crippen molar-refractivity contribution < 1.29 is 0 Å². The fourth-order valence-electron chi connectivity index (χ4n) is 6.31. The Kier molecular flexibility index (Phi) is 7.23. The van der Waals surface area contributed by atoms with E-state index in [1.807, 2.05) is 0 Å². The number of piperidine rings is 1. The normalized spacial score (nSPS) is 19.3. The molecular weight excluding hydrogens is 434 g/mol. The number of likely N-dealkylation sites (tertiary alicyclic amines) is 1. The smallest absolute Gasteiger partial charge is 0.204 e. The molecule has 5 N–H and O–H groups in total. The van der Waals surface area contributed by atoms with Crippen molar-refractivity contribution in [3.05, 3.63) is 60.2 Å². The van der Waals surface area contributed by atoms with Crippen molar-refractivity contribution in [3.63, 3.8) is 0 Å². The molecule has 2 fully saturated rings. The third-order valence-electron chi connectivity index (χ3n) is 8.00. The summed E-state index contributed by atoms with van der Waals surface area (Å²) in [7, 11) is 0. The van der Waals surface area contributed by atoms with Crippen LogP contribution in [0.25, 0.3) is 11.0 Å². The molecule has 0 unspecified atom stereocenters. The number of aromatic nitrogens is 2. The van der Waals surface area contributed by atoms with Crippen molar-refractivity contribution >= 4 is 22.9 Å². The second-order valence-corrected chi connectivity index (χ2v) is 10.1. The number of nitrogens with two attached hydrogens (primary N) is 1. The zero-order valence-corrected chi connectivity index (χ0v) is 20.7. The topological polar surface area (TPSA) is 95.0 Å². The lowest BCUT2D eigenvalue weighted by Gasteiger charge is -2.48. The van der Waals surface area contributed by atoms with Crippen molar-refractivity contribution in [3.8, 4) is 0 Å². The van der Waals surface area contributed by atoms with Crippen LogP contribution in [0.1, 0.15) is 63.0 Å². The van der Waals surface area contributed by atoms with Crippen LogP contribution in [0.4, 0.5) is 5.95 Å². The number of guanidine groups is 1. The molecule has 1 aliphatic carbocycles. The molecule has 2 heterocycles. The molecule has 1 aromatic heterocycles. The molecule has 5 rings (SSSR count). The standard InChI is InChI=1S/C28H39N7/c29-26(30)31-18-19-32-27-33-24-12-6-7-13-25(24)35(27)23-14-20-34(21-15-23)28(16-8-1-2-9-17-28)22-10-4-3-5-11-22/h3-7,10-13,23H,1-2,8-9,14-21H2,(H,32,33)(H4,29,30,31). The van der Waals surface area contributed by atoms with E-state index in [1.165, 1.54) is 49.6 Å². The van der Waals surface area contributed by atoms with Crippen molar-refractivity contribution in [2.75, 3.05) is 31.5 Å². The first kappa shape index (κ1) is 23.7. The van der Waals surface area contributed by atoms with Crippen LogP contribution in [0.2, 0.25) is 0 Å². The Morgan fingerprint density at radius 2 is 1.63 bits per heavy atom. The number of hydrogen-bond donors (Lipinski definition) is 4. The van der Waals surface area contributed by atoms with Crippen LogP contribution in [0.15, 0.2) is 54.6 Å². The van der Waals surface area contributed by atoms with Gasteiger partial charge in [-0.1, -0.05) is 68.1 Å². The number of imidazole rings is 1. The van der Waals surface area contributed by atoms with Crippen LogP contribution < -0.4 is 16.4 Å². The average molecular weight is 474 g/mol. The van der Waals surface area contributed by atoms with E-state index in [-0.39, 0.29) is 11.5 Å². The van der Waals surface area contributed by atoms with Gasteiger partial charge in [0.15, 0.2) is 5.96 Å². The van der Waals surface area contributed by atoms with Crippen LogP contribution in [0.3, 0.4) is 0 Å². The largest absolute Gasteiger partial charge is 0.370 e. The molecule has 1 aliphatic heterocycles. The summed E-state index contributed by atoms with van der Waals surface area (Å²) in [5, 5.41) is 13.7. The predicted octanol–water partition coefficient (Wildman–Crippen LogP) is 4.82. The Hall–Kier alpha value is -3.06. The van der Waals surface area contributed by atoms with Crippen LogP contribution in [-0.4, -0.2) is 46.6 Å². The van der Waals surface area contributed by atoms with Gasteiger partial charge in [-0.15, -0.1) is 0 Å². The molecule has 2 aliphatic rings. The minimum absolute atomic E-state index is 0.00136. The summed E-state index contributed by atoms with van der Waals surface area (Å²) < 4.78 is 2.42. The third kappa shape index (κ3) is 5.01. The summed E-state index contributed by atoms with van der Waals surface area (Å²) in [6.07, 6.45) is 10.1. The fraction of sp³-hybridized carbons (Fsp3) is 0.500. The molecule has 7 nitrogen and oxygen atoms in total. The minimum atomic E-state index is -0.00136. The Morgan fingerprint density at radius 3 is 2.34 bits per heavy atom. The van der Waals surface area contributed by atoms with Gasteiger partial charge < -0.3 is 20.9 Å². The number of nitrogens with one attached hydrogen (secondary N) is 3. The summed E-state index contributed by atoms with van der Waals surface area (Å²) in [6.45, 7) is 3.48. The molecular formula is C28H39N7. The highest BCUT2D eigenvalue weighted by Gasteiger charge is 2.40. The van der Waals surface area contributed by atoms with Gasteiger partial charge in [-0.25, -0.2) is 4.98 Å². The van der Waals surface area contributed by atoms with Gasteiger partial charge in [-0.2, -0.15) is 0 Å². The van der Waals surface area contributed by atoms with E-state index in [1.54, 1.807) is 0 Å². The first-order chi connectivity index (χ1) is 17.2. The van der Waals surface area contributed by atoms with Gasteiger partial charge in [-0.3, -0.25) is 10.3 Å². The van der Waals surface area contributed by atoms with Gasteiger partial charge in [0, 0.05) is 37.8 Å². The number of anilines is 1.